The van der Waals surface area contributed by atoms with Gasteiger partial charge in [-0.25, -0.2) is 8.42 Å². The molecule has 7 heteroatoms. The normalized spacial score (nSPS) is 14.4. The molecule has 0 bridgehead atoms. The van der Waals surface area contributed by atoms with E-state index in [4.69, 9.17) is 5.73 Å². The predicted molar refractivity (Wildman–Crippen MR) is 62.6 cm³/mol. The molecule has 0 saturated heterocycles. The highest BCUT2D eigenvalue weighted by Crippen LogP contribution is 2.30. The summed E-state index contributed by atoms with van der Waals surface area (Å²) in [6, 6.07) is 7.78. The molecule has 1 aromatic carbocycles. The van der Waals surface area contributed by atoms with E-state index in [2.05, 4.69) is 0 Å². The van der Waals surface area contributed by atoms with Crippen LogP contribution in [0.3, 0.4) is 0 Å². The van der Waals surface area contributed by atoms with Crippen molar-refractivity contribution in [2.24, 2.45) is 5.73 Å². The average Bonchev–Trinajstić information content (AvgIpc) is 2.24. The van der Waals surface area contributed by atoms with Gasteiger partial charge in [0.25, 0.3) is 0 Å². The highest BCUT2D eigenvalue weighted by molar-refractivity contribution is 7.91. The zero-order valence-corrected chi connectivity index (χ0v) is 10.3. The minimum absolute atomic E-state index is 0.321. The number of rotatable bonds is 5. The number of hydrogen-bond acceptors (Lipinski definition) is 3. The molecule has 1 rings (SSSR count). The summed E-state index contributed by atoms with van der Waals surface area (Å²) in [6.07, 6.45) is -5.40. The smallest absolute Gasteiger partial charge is 0.330 e. The van der Waals surface area contributed by atoms with E-state index in [0.29, 0.717) is 5.56 Å². The molecule has 0 saturated carbocycles. The number of hydrogen-bond donors (Lipinski definition) is 1. The standard InChI is InChI=1S/C11H14F3NO2S/c12-11(13,14)10(6-7-15)18(16,17)8-9-4-2-1-3-5-9/h1-5,10H,6-8,15H2. The molecule has 0 aliphatic heterocycles. The van der Waals surface area contributed by atoms with E-state index >= 15 is 0 Å². The summed E-state index contributed by atoms with van der Waals surface area (Å²) in [7, 11) is -4.30. The summed E-state index contributed by atoms with van der Waals surface area (Å²) in [5.41, 5.74) is 5.39. The van der Waals surface area contributed by atoms with Crippen molar-refractivity contribution < 1.29 is 21.6 Å². The van der Waals surface area contributed by atoms with Gasteiger partial charge in [-0.2, -0.15) is 13.2 Å². The highest BCUT2D eigenvalue weighted by atomic mass is 32.2. The van der Waals surface area contributed by atoms with E-state index < -0.39 is 33.4 Å². The van der Waals surface area contributed by atoms with Gasteiger partial charge in [-0.05, 0) is 18.5 Å². The van der Waals surface area contributed by atoms with E-state index in [0.717, 1.165) is 0 Å². The monoisotopic (exact) mass is 281 g/mol. The van der Waals surface area contributed by atoms with Crippen molar-refractivity contribution in [1.82, 2.24) is 0 Å². The van der Waals surface area contributed by atoms with Crippen molar-refractivity contribution in [1.29, 1.82) is 0 Å². The van der Waals surface area contributed by atoms with Crippen LogP contribution in [0.15, 0.2) is 30.3 Å². The maximum atomic E-state index is 12.7. The van der Waals surface area contributed by atoms with Crippen molar-refractivity contribution in [3.05, 3.63) is 35.9 Å². The minimum atomic E-state index is -4.78. The average molecular weight is 281 g/mol. The van der Waals surface area contributed by atoms with E-state index in [1.165, 1.54) is 12.1 Å². The molecule has 2 N–H and O–H groups in total. The molecule has 3 nitrogen and oxygen atoms in total. The Morgan fingerprint density at radius 3 is 2.17 bits per heavy atom. The van der Waals surface area contributed by atoms with Crippen molar-refractivity contribution in [3.63, 3.8) is 0 Å². The third-order valence-electron chi connectivity index (χ3n) is 2.44. The van der Waals surface area contributed by atoms with Crippen molar-refractivity contribution in [3.8, 4) is 0 Å². The topological polar surface area (TPSA) is 60.2 Å². The van der Waals surface area contributed by atoms with Gasteiger partial charge in [-0.15, -0.1) is 0 Å². The first kappa shape index (κ1) is 15.0. The van der Waals surface area contributed by atoms with Gasteiger partial charge in [0.05, 0.1) is 5.75 Å². The Labute approximate surface area is 104 Å². The summed E-state index contributed by atoms with van der Waals surface area (Å²) in [4.78, 5) is 0. The summed E-state index contributed by atoms with van der Waals surface area (Å²) in [5.74, 6) is -0.627. The molecular formula is C11H14F3NO2S. The van der Waals surface area contributed by atoms with Crippen LogP contribution in [-0.2, 0) is 15.6 Å². The fourth-order valence-corrected chi connectivity index (χ4v) is 3.37. The summed E-state index contributed by atoms with van der Waals surface area (Å²) < 4.78 is 61.5. The molecule has 18 heavy (non-hydrogen) atoms. The molecule has 0 aromatic heterocycles. The molecular weight excluding hydrogens is 267 g/mol. The summed E-state index contributed by atoms with van der Waals surface area (Å²) >= 11 is 0. The van der Waals surface area contributed by atoms with Crippen LogP contribution in [0.2, 0.25) is 0 Å². The van der Waals surface area contributed by atoms with Crippen molar-refractivity contribution in [2.45, 2.75) is 23.6 Å². The number of sulfone groups is 1. The summed E-state index contributed by atoms with van der Waals surface area (Å²) in [6.45, 7) is -0.321. The van der Waals surface area contributed by atoms with E-state index in [1.807, 2.05) is 0 Å². The quantitative estimate of drug-likeness (QED) is 0.896. The lowest BCUT2D eigenvalue weighted by atomic mass is 10.2. The Hall–Kier alpha value is -1.08. The number of halogens is 3. The second kappa shape index (κ2) is 5.71. The second-order valence-electron chi connectivity index (χ2n) is 3.90. The van der Waals surface area contributed by atoms with Crippen molar-refractivity contribution in [2.75, 3.05) is 6.54 Å². The van der Waals surface area contributed by atoms with Gasteiger partial charge in [0.15, 0.2) is 15.1 Å². The lowest BCUT2D eigenvalue weighted by molar-refractivity contribution is -0.131. The number of alkyl halides is 3. The lowest BCUT2D eigenvalue weighted by Gasteiger charge is -2.19. The van der Waals surface area contributed by atoms with Crippen LogP contribution in [0.4, 0.5) is 13.2 Å². The van der Waals surface area contributed by atoms with E-state index in [9.17, 15) is 21.6 Å². The highest BCUT2D eigenvalue weighted by Gasteiger charge is 2.47. The third-order valence-corrected chi connectivity index (χ3v) is 4.54. The van der Waals surface area contributed by atoms with Gasteiger partial charge in [-0.3, -0.25) is 0 Å². The van der Waals surface area contributed by atoms with E-state index in [-0.39, 0.29) is 6.54 Å². The fourth-order valence-electron chi connectivity index (χ4n) is 1.61. The van der Waals surface area contributed by atoms with Gasteiger partial charge in [-0.1, -0.05) is 30.3 Å². The number of nitrogens with two attached hydrogens (primary N) is 1. The molecule has 1 atom stereocenters. The molecule has 0 amide bonds. The third kappa shape index (κ3) is 3.99. The van der Waals surface area contributed by atoms with Gasteiger partial charge in [0, 0.05) is 0 Å². The van der Waals surface area contributed by atoms with Crippen LogP contribution in [0.5, 0.6) is 0 Å². The maximum Gasteiger partial charge on any atom is 0.405 e. The maximum absolute atomic E-state index is 12.7. The molecule has 0 aliphatic rings. The Morgan fingerprint density at radius 1 is 1.17 bits per heavy atom. The Kier molecular flexibility index (Phi) is 4.75. The second-order valence-corrected chi connectivity index (χ2v) is 6.08. The van der Waals surface area contributed by atoms with Crippen LogP contribution in [-0.4, -0.2) is 26.4 Å². The zero-order valence-electron chi connectivity index (χ0n) is 9.52. The Bertz CT molecular complexity index is 471. The fraction of sp³-hybridized carbons (Fsp3) is 0.455. The van der Waals surface area contributed by atoms with Crippen LogP contribution < -0.4 is 5.73 Å². The van der Waals surface area contributed by atoms with Gasteiger partial charge in [0.2, 0.25) is 0 Å². The Balaban J connectivity index is 2.97. The molecule has 0 aliphatic carbocycles. The largest absolute Gasteiger partial charge is 0.405 e. The molecule has 1 aromatic rings. The Morgan fingerprint density at radius 2 is 1.72 bits per heavy atom. The van der Waals surface area contributed by atoms with Gasteiger partial charge < -0.3 is 5.73 Å². The molecule has 0 fully saturated rings. The van der Waals surface area contributed by atoms with Crippen LogP contribution in [0.25, 0.3) is 0 Å². The molecule has 0 spiro atoms. The summed E-state index contributed by atoms with van der Waals surface area (Å²) in [5, 5.41) is -2.39. The number of benzene rings is 1. The first-order valence-corrected chi connectivity index (χ1v) is 7.01. The molecule has 0 heterocycles. The van der Waals surface area contributed by atoms with Crippen molar-refractivity contribution >= 4 is 9.84 Å². The molecule has 0 radical (unpaired) electrons. The first-order valence-electron chi connectivity index (χ1n) is 5.29. The SMILES string of the molecule is NCCC(C(F)(F)F)S(=O)(=O)Cc1ccccc1. The van der Waals surface area contributed by atoms with Crippen LogP contribution in [0, 0.1) is 0 Å². The minimum Gasteiger partial charge on any atom is -0.330 e. The molecule has 102 valence electrons. The zero-order chi connectivity index (χ0) is 13.8. The van der Waals surface area contributed by atoms with Gasteiger partial charge in [0.1, 0.15) is 0 Å². The predicted octanol–water partition coefficient (Wildman–Crippen LogP) is 1.88. The first-order chi connectivity index (χ1) is 8.27. The van der Waals surface area contributed by atoms with Crippen LogP contribution in [0.1, 0.15) is 12.0 Å². The van der Waals surface area contributed by atoms with Crippen LogP contribution >= 0.6 is 0 Å². The van der Waals surface area contributed by atoms with Gasteiger partial charge >= 0.3 is 6.18 Å². The molecule has 1 unspecified atom stereocenters. The van der Waals surface area contributed by atoms with E-state index in [1.54, 1.807) is 18.2 Å². The lowest BCUT2D eigenvalue weighted by Crippen LogP contribution is -2.39.